The van der Waals surface area contributed by atoms with Crippen LogP contribution in [0.3, 0.4) is 0 Å². The Bertz CT molecular complexity index is 660. The summed E-state index contributed by atoms with van der Waals surface area (Å²) >= 11 is 1.38. The van der Waals surface area contributed by atoms with Gasteiger partial charge in [0.15, 0.2) is 0 Å². The van der Waals surface area contributed by atoms with Gasteiger partial charge in [0.25, 0.3) is 5.91 Å². The maximum absolute atomic E-state index is 13.1. The Morgan fingerprint density at radius 2 is 2.00 bits per heavy atom. The fourth-order valence-electron chi connectivity index (χ4n) is 3.53. The Morgan fingerprint density at radius 1 is 1.28 bits per heavy atom. The van der Waals surface area contributed by atoms with Crippen LogP contribution in [0.4, 0.5) is 5.00 Å². The van der Waals surface area contributed by atoms with Gasteiger partial charge in [0, 0.05) is 12.0 Å². The summed E-state index contributed by atoms with van der Waals surface area (Å²) in [7, 11) is 0. The van der Waals surface area contributed by atoms with Gasteiger partial charge in [-0.15, -0.1) is 11.3 Å². The van der Waals surface area contributed by atoms with Crippen LogP contribution in [0.2, 0.25) is 0 Å². The van der Waals surface area contributed by atoms with Crippen LogP contribution in [-0.2, 0) is 9.53 Å². The van der Waals surface area contributed by atoms with E-state index in [1.165, 1.54) is 17.8 Å². The maximum atomic E-state index is 13.1. The largest absolute Gasteiger partial charge is 0.374 e. The second-order valence-electron chi connectivity index (χ2n) is 8.09. The maximum Gasteiger partial charge on any atom is 0.264 e. The number of rotatable bonds is 2. The van der Waals surface area contributed by atoms with Crippen LogP contribution in [0.5, 0.6) is 0 Å². The SMILES string of the molecule is Cc1cc(NC(=O)C(C)(C)C)sc1C(=O)N1CCO[C@@H]2CCCC[C@H]21. The average Bonchev–Trinajstić information content (AvgIpc) is 2.93. The molecule has 0 bridgehead atoms. The highest BCUT2D eigenvalue weighted by Gasteiger charge is 2.37. The second-order valence-corrected chi connectivity index (χ2v) is 9.14. The van der Waals surface area contributed by atoms with Crippen LogP contribution in [-0.4, -0.2) is 42.0 Å². The fourth-order valence-corrected chi connectivity index (χ4v) is 4.56. The molecule has 2 amide bonds. The Kier molecular flexibility index (Phi) is 5.21. The van der Waals surface area contributed by atoms with Crippen molar-refractivity contribution >= 4 is 28.2 Å². The molecule has 2 aliphatic rings. The van der Waals surface area contributed by atoms with Crippen molar-refractivity contribution in [2.24, 2.45) is 5.41 Å². The van der Waals surface area contributed by atoms with Crippen LogP contribution in [0.25, 0.3) is 0 Å². The lowest BCUT2D eigenvalue weighted by Gasteiger charge is -2.43. The first-order chi connectivity index (χ1) is 11.8. The van der Waals surface area contributed by atoms with Crippen LogP contribution >= 0.6 is 11.3 Å². The first kappa shape index (κ1) is 18.4. The highest BCUT2D eigenvalue weighted by Crippen LogP contribution is 2.33. The van der Waals surface area contributed by atoms with E-state index in [1.807, 2.05) is 38.7 Å². The van der Waals surface area contributed by atoms with Gasteiger partial charge in [0.2, 0.25) is 5.91 Å². The second kappa shape index (κ2) is 7.08. The zero-order valence-corrected chi connectivity index (χ0v) is 16.4. The highest BCUT2D eigenvalue weighted by atomic mass is 32.1. The monoisotopic (exact) mass is 364 g/mol. The molecule has 0 radical (unpaired) electrons. The summed E-state index contributed by atoms with van der Waals surface area (Å²) in [4.78, 5) is 28.1. The predicted molar refractivity (Wildman–Crippen MR) is 100 cm³/mol. The van der Waals surface area contributed by atoms with E-state index in [9.17, 15) is 9.59 Å². The molecule has 1 saturated carbocycles. The van der Waals surface area contributed by atoms with Crippen molar-refractivity contribution in [2.45, 2.75) is 65.5 Å². The summed E-state index contributed by atoms with van der Waals surface area (Å²) in [6.45, 7) is 8.85. The molecule has 0 spiro atoms. The number of ether oxygens (including phenoxy) is 1. The van der Waals surface area contributed by atoms with Crippen molar-refractivity contribution in [3.8, 4) is 0 Å². The quantitative estimate of drug-likeness (QED) is 0.868. The van der Waals surface area contributed by atoms with E-state index in [0.717, 1.165) is 34.7 Å². The van der Waals surface area contributed by atoms with E-state index >= 15 is 0 Å². The number of anilines is 1. The molecule has 1 aliphatic heterocycles. The Hall–Kier alpha value is -1.40. The summed E-state index contributed by atoms with van der Waals surface area (Å²) < 4.78 is 5.88. The van der Waals surface area contributed by atoms with Crippen molar-refractivity contribution in [3.05, 3.63) is 16.5 Å². The van der Waals surface area contributed by atoms with Gasteiger partial charge < -0.3 is 15.0 Å². The molecule has 2 fully saturated rings. The molecule has 2 atom stereocenters. The van der Waals surface area contributed by atoms with Crippen molar-refractivity contribution in [1.29, 1.82) is 0 Å². The molecule has 138 valence electrons. The van der Waals surface area contributed by atoms with Crippen molar-refractivity contribution in [2.75, 3.05) is 18.5 Å². The molecule has 1 aromatic heterocycles. The van der Waals surface area contributed by atoms with Gasteiger partial charge >= 0.3 is 0 Å². The first-order valence-corrected chi connectivity index (χ1v) is 9.93. The summed E-state index contributed by atoms with van der Waals surface area (Å²) in [5.41, 5.74) is 0.472. The minimum absolute atomic E-state index is 0.0357. The third-order valence-electron chi connectivity index (χ3n) is 5.02. The number of nitrogens with zero attached hydrogens (tertiary/aromatic N) is 1. The van der Waals surface area contributed by atoms with Gasteiger partial charge in [-0.25, -0.2) is 0 Å². The number of morpholine rings is 1. The lowest BCUT2D eigenvalue weighted by molar-refractivity contribution is -0.123. The van der Waals surface area contributed by atoms with Crippen LogP contribution in [0.15, 0.2) is 6.07 Å². The van der Waals surface area contributed by atoms with Gasteiger partial charge in [-0.1, -0.05) is 33.6 Å². The first-order valence-electron chi connectivity index (χ1n) is 9.12. The van der Waals surface area contributed by atoms with E-state index in [-0.39, 0.29) is 24.0 Å². The molecule has 1 N–H and O–H groups in total. The zero-order valence-electron chi connectivity index (χ0n) is 15.6. The fraction of sp³-hybridized carbons (Fsp3) is 0.684. The molecule has 0 aromatic carbocycles. The smallest absolute Gasteiger partial charge is 0.264 e. The normalized spacial score (nSPS) is 23.9. The third kappa shape index (κ3) is 3.90. The van der Waals surface area contributed by atoms with Gasteiger partial charge in [-0.05, 0) is 31.4 Å². The predicted octanol–water partition coefficient (Wildman–Crippen LogP) is 3.82. The molecule has 2 heterocycles. The van der Waals surface area contributed by atoms with E-state index < -0.39 is 5.41 Å². The Balaban J connectivity index is 1.77. The van der Waals surface area contributed by atoms with Gasteiger partial charge in [0.1, 0.15) is 0 Å². The number of fused-ring (bicyclic) bond motifs is 1. The van der Waals surface area contributed by atoms with E-state index in [1.54, 1.807) is 0 Å². The molecular weight excluding hydrogens is 336 g/mol. The number of carbonyl (C=O) groups excluding carboxylic acids is 2. The lowest BCUT2D eigenvalue weighted by Crippen LogP contribution is -2.54. The molecular formula is C19H28N2O3S. The number of nitrogens with one attached hydrogen (secondary N) is 1. The summed E-state index contributed by atoms with van der Waals surface area (Å²) in [5, 5.41) is 3.69. The van der Waals surface area contributed by atoms with E-state index in [4.69, 9.17) is 4.74 Å². The standard InChI is InChI=1S/C19H28N2O3S/c1-12-11-15(20-18(23)19(2,3)4)25-16(12)17(22)21-9-10-24-14-8-6-5-7-13(14)21/h11,13-14H,5-10H2,1-4H3,(H,20,23)/t13-,14-/m1/s1. The number of carbonyl (C=O) groups is 2. The third-order valence-corrected chi connectivity index (χ3v) is 6.16. The van der Waals surface area contributed by atoms with Crippen LogP contribution < -0.4 is 5.32 Å². The lowest BCUT2D eigenvalue weighted by atomic mass is 9.90. The highest BCUT2D eigenvalue weighted by molar-refractivity contribution is 7.18. The van der Waals surface area contributed by atoms with Crippen LogP contribution in [0, 0.1) is 12.3 Å². The number of hydrogen-bond acceptors (Lipinski definition) is 4. The molecule has 25 heavy (non-hydrogen) atoms. The Labute approximate surface area is 153 Å². The number of thiophene rings is 1. The van der Waals surface area contributed by atoms with Gasteiger partial charge in [-0.2, -0.15) is 0 Å². The average molecular weight is 365 g/mol. The van der Waals surface area contributed by atoms with E-state index in [2.05, 4.69) is 5.32 Å². The zero-order chi connectivity index (χ0) is 18.2. The molecule has 6 heteroatoms. The van der Waals surface area contributed by atoms with E-state index in [0.29, 0.717) is 13.2 Å². The topological polar surface area (TPSA) is 58.6 Å². The number of aryl methyl sites for hydroxylation is 1. The summed E-state index contributed by atoms with van der Waals surface area (Å²) in [6, 6.07) is 2.10. The molecule has 1 saturated heterocycles. The summed E-state index contributed by atoms with van der Waals surface area (Å²) in [6.07, 6.45) is 4.60. The van der Waals surface area contributed by atoms with Gasteiger partial charge in [-0.3, -0.25) is 9.59 Å². The summed E-state index contributed by atoms with van der Waals surface area (Å²) in [5.74, 6) is 0.0467. The molecule has 1 aliphatic carbocycles. The minimum atomic E-state index is -0.457. The van der Waals surface area contributed by atoms with Crippen LogP contribution in [0.1, 0.15) is 61.7 Å². The minimum Gasteiger partial charge on any atom is -0.374 e. The molecule has 0 unspecified atom stereocenters. The Morgan fingerprint density at radius 3 is 2.72 bits per heavy atom. The number of amides is 2. The molecule has 3 rings (SSSR count). The van der Waals surface area contributed by atoms with Crippen molar-refractivity contribution in [3.63, 3.8) is 0 Å². The molecule has 1 aromatic rings. The van der Waals surface area contributed by atoms with Gasteiger partial charge in [0.05, 0.1) is 28.6 Å². The van der Waals surface area contributed by atoms with Crippen molar-refractivity contribution in [1.82, 2.24) is 4.90 Å². The number of hydrogen-bond donors (Lipinski definition) is 1. The molecule has 5 nitrogen and oxygen atoms in total. The van der Waals surface area contributed by atoms with Crippen molar-refractivity contribution < 1.29 is 14.3 Å².